The quantitative estimate of drug-likeness (QED) is 0.858. The zero-order valence-electron chi connectivity index (χ0n) is 12.1. The van der Waals surface area contributed by atoms with E-state index in [2.05, 4.69) is 5.32 Å². The molecule has 0 heterocycles. The highest BCUT2D eigenvalue weighted by Gasteiger charge is 2.05. The van der Waals surface area contributed by atoms with Crippen LogP contribution in [0.3, 0.4) is 0 Å². The minimum Gasteiger partial charge on any atom is -0.484 e. The summed E-state index contributed by atoms with van der Waals surface area (Å²) in [6.07, 6.45) is 0.739. The SMILES string of the molecule is Cc1cc(C)cc(NC(=O)COc2cccc(C=O)c2)c1. The van der Waals surface area contributed by atoms with Crippen molar-refractivity contribution in [2.75, 3.05) is 11.9 Å². The minimum absolute atomic E-state index is 0.102. The van der Waals surface area contributed by atoms with Crippen molar-refractivity contribution in [2.45, 2.75) is 13.8 Å². The van der Waals surface area contributed by atoms with Crippen LogP contribution in [0.25, 0.3) is 0 Å². The van der Waals surface area contributed by atoms with E-state index in [1.165, 1.54) is 0 Å². The van der Waals surface area contributed by atoms with Crippen molar-refractivity contribution in [2.24, 2.45) is 0 Å². The highest BCUT2D eigenvalue weighted by molar-refractivity contribution is 5.92. The first-order chi connectivity index (χ1) is 10.1. The van der Waals surface area contributed by atoms with Crippen LogP contribution >= 0.6 is 0 Å². The minimum atomic E-state index is -0.239. The highest BCUT2D eigenvalue weighted by Crippen LogP contribution is 2.14. The molecule has 0 spiro atoms. The van der Waals surface area contributed by atoms with E-state index >= 15 is 0 Å². The maximum Gasteiger partial charge on any atom is 0.262 e. The summed E-state index contributed by atoms with van der Waals surface area (Å²) in [6.45, 7) is 3.85. The number of anilines is 1. The van der Waals surface area contributed by atoms with E-state index in [1.807, 2.05) is 32.0 Å². The molecule has 1 N–H and O–H groups in total. The Morgan fingerprint density at radius 3 is 2.52 bits per heavy atom. The van der Waals surface area contributed by atoms with Crippen LogP contribution < -0.4 is 10.1 Å². The molecule has 0 bridgehead atoms. The summed E-state index contributed by atoms with van der Waals surface area (Å²) in [5.41, 5.74) is 3.44. The van der Waals surface area contributed by atoms with E-state index in [-0.39, 0.29) is 12.5 Å². The molecule has 0 saturated carbocycles. The molecule has 108 valence electrons. The summed E-state index contributed by atoms with van der Waals surface area (Å²) in [7, 11) is 0. The average molecular weight is 283 g/mol. The van der Waals surface area contributed by atoms with Crippen molar-refractivity contribution in [3.63, 3.8) is 0 Å². The molecule has 21 heavy (non-hydrogen) atoms. The fourth-order valence-electron chi connectivity index (χ4n) is 2.07. The first kappa shape index (κ1) is 14.8. The monoisotopic (exact) mass is 283 g/mol. The van der Waals surface area contributed by atoms with E-state index in [4.69, 9.17) is 4.74 Å². The van der Waals surface area contributed by atoms with Gasteiger partial charge in [0.25, 0.3) is 5.91 Å². The summed E-state index contributed by atoms with van der Waals surface area (Å²) in [6, 6.07) is 12.5. The van der Waals surface area contributed by atoms with Gasteiger partial charge in [-0.15, -0.1) is 0 Å². The van der Waals surface area contributed by atoms with Gasteiger partial charge in [0.15, 0.2) is 6.61 Å². The largest absolute Gasteiger partial charge is 0.484 e. The normalized spacial score (nSPS) is 10.0. The zero-order valence-corrected chi connectivity index (χ0v) is 12.1. The van der Waals surface area contributed by atoms with Gasteiger partial charge >= 0.3 is 0 Å². The van der Waals surface area contributed by atoms with Crippen LogP contribution in [0.15, 0.2) is 42.5 Å². The third kappa shape index (κ3) is 4.45. The van der Waals surface area contributed by atoms with Crippen molar-refractivity contribution in [3.8, 4) is 5.75 Å². The number of benzene rings is 2. The summed E-state index contributed by atoms with van der Waals surface area (Å²) < 4.78 is 5.37. The first-order valence-electron chi connectivity index (χ1n) is 6.63. The number of rotatable bonds is 5. The Labute approximate surface area is 123 Å². The lowest BCUT2D eigenvalue weighted by atomic mass is 10.1. The average Bonchev–Trinajstić information content (AvgIpc) is 2.44. The molecular weight excluding hydrogens is 266 g/mol. The van der Waals surface area contributed by atoms with Gasteiger partial charge in [0.05, 0.1) is 0 Å². The topological polar surface area (TPSA) is 55.4 Å². The number of amides is 1. The van der Waals surface area contributed by atoms with E-state index < -0.39 is 0 Å². The van der Waals surface area contributed by atoms with Crippen LogP contribution in [0.2, 0.25) is 0 Å². The number of carbonyl (C=O) groups is 2. The van der Waals surface area contributed by atoms with Gasteiger partial charge in [0, 0.05) is 11.3 Å². The summed E-state index contributed by atoms with van der Waals surface area (Å²) in [5.74, 6) is 0.256. The molecule has 0 aromatic heterocycles. The van der Waals surface area contributed by atoms with Gasteiger partial charge in [-0.05, 0) is 49.2 Å². The number of aryl methyl sites for hydroxylation is 2. The first-order valence-corrected chi connectivity index (χ1v) is 6.63. The molecule has 0 aliphatic rings. The summed E-state index contributed by atoms with van der Waals surface area (Å²) in [4.78, 5) is 22.5. The van der Waals surface area contributed by atoms with Crippen molar-refractivity contribution in [1.29, 1.82) is 0 Å². The summed E-state index contributed by atoms with van der Waals surface area (Å²) >= 11 is 0. The van der Waals surface area contributed by atoms with Crippen molar-refractivity contribution in [3.05, 3.63) is 59.2 Å². The molecule has 0 radical (unpaired) electrons. The fraction of sp³-hybridized carbons (Fsp3) is 0.176. The lowest BCUT2D eigenvalue weighted by Crippen LogP contribution is -2.20. The standard InChI is InChI=1S/C17H17NO3/c1-12-6-13(2)8-15(7-12)18-17(20)11-21-16-5-3-4-14(9-16)10-19/h3-10H,11H2,1-2H3,(H,18,20). The molecule has 1 amide bonds. The van der Waals surface area contributed by atoms with Gasteiger partial charge in [0.1, 0.15) is 12.0 Å². The number of carbonyl (C=O) groups excluding carboxylic acids is 2. The fourth-order valence-corrected chi connectivity index (χ4v) is 2.07. The van der Waals surface area contributed by atoms with Gasteiger partial charge in [-0.2, -0.15) is 0 Å². The number of ether oxygens (including phenoxy) is 1. The Hall–Kier alpha value is -2.62. The van der Waals surface area contributed by atoms with Crippen LogP contribution in [0.5, 0.6) is 5.75 Å². The number of hydrogen-bond acceptors (Lipinski definition) is 3. The molecule has 0 saturated heterocycles. The molecule has 2 rings (SSSR count). The molecule has 4 heteroatoms. The molecule has 2 aromatic carbocycles. The predicted octanol–water partition coefficient (Wildman–Crippen LogP) is 3.13. The van der Waals surface area contributed by atoms with Gasteiger partial charge in [-0.25, -0.2) is 0 Å². The van der Waals surface area contributed by atoms with Crippen LogP contribution in [-0.2, 0) is 4.79 Å². The second-order valence-electron chi connectivity index (χ2n) is 4.90. The van der Waals surface area contributed by atoms with Gasteiger partial charge < -0.3 is 10.1 Å². The number of hydrogen-bond donors (Lipinski definition) is 1. The van der Waals surface area contributed by atoms with Crippen molar-refractivity contribution < 1.29 is 14.3 Å². The molecular formula is C17H17NO3. The Morgan fingerprint density at radius 2 is 1.86 bits per heavy atom. The Morgan fingerprint density at radius 1 is 1.14 bits per heavy atom. The van der Waals surface area contributed by atoms with E-state index in [0.29, 0.717) is 11.3 Å². The number of nitrogens with one attached hydrogen (secondary N) is 1. The predicted molar refractivity (Wildman–Crippen MR) is 81.9 cm³/mol. The molecule has 0 atom stereocenters. The Balaban J connectivity index is 1.94. The van der Waals surface area contributed by atoms with Crippen LogP contribution in [0.4, 0.5) is 5.69 Å². The third-order valence-electron chi connectivity index (χ3n) is 2.87. The maximum atomic E-state index is 11.9. The lowest BCUT2D eigenvalue weighted by molar-refractivity contribution is -0.118. The van der Waals surface area contributed by atoms with Crippen molar-refractivity contribution >= 4 is 17.9 Å². The van der Waals surface area contributed by atoms with E-state index in [0.717, 1.165) is 23.1 Å². The molecule has 0 aliphatic carbocycles. The maximum absolute atomic E-state index is 11.9. The summed E-state index contributed by atoms with van der Waals surface area (Å²) in [5, 5.41) is 2.79. The second-order valence-corrected chi connectivity index (χ2v) is 4.90. The van der Waals surface area contributed by atoms with Crippen LogP contribution in [0.1, 0.15) is 21.5 Å². The molecule has 0 aliphatic heterocycles. The van der Waals surface area contributed by atoms with Crippen LogP contribution in [0, 0.1) is 13.8 Å². The lowest BCUT2D eigenvalue weighted by Gasteiger charge is -2.09. The molecule has 4 nitrogen and oxygen atoms in total. The smallest absolute Gasteiger partial charge is 0.262 e. The molecule has 0 unspecified atom stereocenters. The Bertz CT molecular complexity index is 645. The Kier molecular flexibility index (Phi) is 4.72. The van der Waals surface area contributed by atoms with Crippen molar-refractivity contribution in [1.82, 2.24) is 0 Å². The van der Waals surface area contributed by atoms with Crippen LogP contribution in [-0.4, -0.2) is 18.8 Å². The molecule has 0 fully saturated rings. The number of aldehydes is 1. The van der Waals surface area contributed by atoms with Gasteiger partial charge in [-0.1, -0.05) is 18.2 Å². The second kappa shape index (κ2) is 6.70. The molecule has 2 aromatic rings. The van der Waals surface area contributed by atoms with Gasteiger partial charge in [0.2, 0.25) is 0 Å². The van der Waals surface area contributed by atoms with E-state index in [1.54, 1.807) is 24.3 Å². The zero-order chi connectivity index (χ0) is 15.2. The third-order valence-corrected chi connectivity index (χ3v) is 2.87. The van der Waals surface area contributed by atoms with E-state index in [9.17, 15) is 9.59 Å². The highest BCUT2D eigenvalue weighted by atomic mass is 16.5. The van der Waals surface area contributed by atoms with Gasteiger partial charge in [-0.3, -0.25) is 9.59 Å².